The summed E-state index contributed by atoms with van der Waals surface area (Å²) in [5.41, 5.74) is 2.27. The van der Waals surface area contributed by atoms with Gasteiger partial charge in [-0.3, -0.25) is 4.79 Å². The lowest BCUT2D eigenvalue weighted by molar-refractivity contribution is 0.0703. The van der Waals surface area contributed by atoms with Crippen molar-refractivity contribution < 1.29 is 9.32 Å². The summed E-state index contributed by atoms with van der Waals surface area (Å²) in [6, 6.07) is 5.51. The summed E-state index contributed by atoms with van der Waals surface area (Å²) < 4.78 is 6.76. The molecule has 1 fully saturated rings. The quantitative estimate of drug-likeness (QED) is 0.712. The van der Waals surface area contributed by atoms with E-state index in [4.69, 9.17) is 4.52 Å². The average Bonchev–Trinajstić information content (AvgIpc) is 3.20. The molecule has 1 aliphatic heterocycles. The van der Waals surface area contributed by atoms with E-state index in [0.717, 1.165) is 30.4 Å². The Hall–Kier alpha value is -2.77. The Morgan fingerprint density at radius 3 is 3.04 bits per heavy atom. The van der Waals surface area contributed by atoms with Crippen molar-refractivity contribution in [2.45, 2.75) is 25.7 Å². The van der Waals surface area contributed by atoms with Gasteiger partial charge in [0.25, 0.3) is 5.91 Å². The maximum absolute atomic E-state index is 12.8. The Bertz CT molecular complexity index is 899. The molecular formula is C16H18N6O2. The number of benzene rings is 1. The van der Waals surface area contributed by atoms with Gasteiger partial charge >= 0.3 is 0 Å². The van der Waals surface area contributed by atoms with E-state index in [1.165, 1.54) is 0 Å². The molecule has 0 radical (unpaired) electrons. The van der Waals surface area contributed by atoms with Gasteiger partial charge in [0.1, 0.15) is 5.52 Å². The summed E-state index contributed by atoms with van der Waals surface area (Å²) in [7, 11) is 1.83. The highest BCUT2D eigenvalue weighted by Gasteiger charge is 2.28. The molecule has 2 aromatic heterocycles. The van der Waals surface area contributed by atoms with E-state index < -0.39 is 0 Å². The molecule has 1 aliphatic rings. The Morgan fingerprint density at radius 2 is 2.25 bits per heavy atom. The van der Waals surface area contributed by atoms with Crippen LogP contribution in [0.15, 0.2) is 22.7 Å². The van der Waals surface area contributed by atoms with Gasteiger partial charge in [0.2, 0.25) is 5.89 Å². The van der Waals surface area contributed by atoms with Crippen molar-refractivity contribution in [2.24, 2.45) is 7.05 Å². The number of nitrogens with zero attached hydrogens (tertiary/aromatic N) is 6. The fraction of sp³-hybridized carbons (Fsp3) is 0.438. The van der Waals surface area contributed by atoms with Crippen LogP contribution in [0.5, 0.6) is 0 Å². The van der Waals surface area contributed by atoms with Crippen molar-refractivity contribution >= 4 is 16.9 Å². The fourth-order valence-corrected chi connectivity index (χ4v) is 3.21. The van der Waals surface area contributed by atoms with Gasteiger partial charge < -0.3 is 9.42 Å². The van der Waals surface area contributed by atoms with Crippen molar-refractivity contribution in [3.05, 3.63) is 35.5 Å². The summed E-state index contributed by atoms with van der Waals surface area (Å²) >= 11 is 0. The molecule has 24 heavy (non-hydrogen) atoms. The van der Waals surface area contributed by atoms with Crippen LogP contribution < -0.4 is 0 Å². The second-order valence-electron chi connectivity index (χ2n) is 6.18. The Kier molecular flexibility index (Phi) is 3.51. The smallest absolute Gasteiger partial charge is 0.253 e. The third kappa shape index (κ3) is 2.53. The number of hydrogen-bond donors (Lipinski definition) is 0. The first-order valence-corrected chi connectivity index (χ1v) is 8.01. The van der Waals surface area contributed by atoms with Crippen LogP contribution in [0.2, 0.25) is 0 Å². The molecule has 1 atom stereocenters. The Labute approximate surface area is 138 Å². The molecule has 3 aromatic rings. The monoisotopic (exact) mass is 326 g/mol. The van der Waals surface area contributed by atoms with E-state index in [2.05, 4.69) is 20.5 Å². The van der Waals surface area contributed by atoms with Gasteiger partial charge in [-0.25, -0.2) is 4.68 Å². The molecule has 8 nitrogen and oxygen atoms in total. The lowest BCUT2D eigenvalue weighted by atomic mass is 9.96. The van der Waals surface area contributed by atoms with Crippen LogP contribution in [0.3, 0.4) is 0 Å². The minimum absolute atomic E-state index is 0.00692. The topological polar surface area (TPSA) is 89.9 Å². The minimum Gasteiger partial charge on any atom is -0.340 e. The van der Waals surface area contributed by atoms with Crippen LogP contribution >= 0.6 is 0 Å². The number of piperidine rings is 1. The number of aryl methyl sites for hydroxylation is 2. The highest BCUT2D eigenvalue weighted by Crippen LogP contribution is 2.26. The number of fused-ring (bicyclic) bond motifs is 1. The zero-order valence-corrected chi connectivity index (χ0v) is 13.6. The SMILES string of the molecule is Cc1nc([C@@H]2CCCN(C(=O)c3ccc4c(c3)nnn4C)C2)no1. The highest BCUT2D eigenvalue weighted by atomic mass is 16.5. The molecule has 1 aromatic carbocycles. The van der Waals surface area contributed by atoms with Crippen molar-refractivity contribution in [3.8, 4) is 0 Å². The number of amides is 1. The number of carbonyl (C=O) groups excluding carboxylic acids is 1. The molecule has 0 bridgehead atoms. The largest absolute Gasteiger partial charge is 0.340 e. The van der Waals surface area contributed by atoms with Crippen molar-refractivity contribution in [3.63, 3.8) is 0 Å². The molecule has 0 N–H and O–H groups in total. The molecule has 0 saturated carbocycles. The molecular weight excluding hydrogens is 308 g/mol. The molecule has 0 spiro atoms. The Morgan fingerprint density at radius 1 is 1.38 bits per heavy atom. The third-order valence-electron chi connectivity index (χ3n) is 4.47. The van der Waals surface area contributed by atoms with E-state index in [9.17, 15) is 4.79 Å². The van der Waals surface area contributed by atoms with Gasteiger partial charge in [-0.1, -0.05) is 10.4 Å². The molecule has 124 valence electrons. The number of hydrogen-bond acceptors (Lipinski definition) is 6. The molecule has 4 rings (SSSR count). The summed E-state index contributed by atoms with van der Waals surface area (Å²) in [6.07, 6.45) is 1.89. The zero-order chi connectivity index (χ0) is 16.7. The lowest BCUT2D eigenvalue weighted by Gasteiger charge is -2.31. The second-order valence-corrected chi connectivity index (χ2v) is 6.18. The number of rotatable bonds is 2. The van der Waals surface area contributed by atoms with E-state index in [-0.39, 0.29) is 11.8 Å². The molecule has 1 amide bonds. The van der Waals surface area contributed by atoms with Gasteiger partial charge in [-0.05, 0) is 31.0 Å². The maximum atomic E-state index is 12.8. The minimum atomic E-state index is 0.00692. The molecule has 8 heteroatoms. The summed E-state index contributed by atoms with van der Waals surface area (Å²) in [6.45, 7) is 3.12. The lowest BCUT2D eigenvalue weighted by Crippen LogP contribution is -2.39. The van der Waals surface area contributed by atoms with Gasteiger partial charge in [0.15, 0.2) is 5.82 Å². The summed E-state index contributed by atoms with van der Waals surface area (Å²) in [5.74, 6) is 1.38. The predicted molar refractivity (Wildman–Crippen MR) is 85.4 cm³/mol. The van der Waals surface area contributed by atoms with Gasteiger partial charge in [-0.15, -0.1) is 5.10 Å². The van der Waals surface area contributed by atoms with E-state index in [0.29, 0.717) is 23.8 Å². The van der Waals surface area contributed by atoms with Crippen molar-refractivity contribution in [1.82, 2.24) is 30.0 Å². The van der Waals surface area contributed by atoms with Crippen molar-refractivity contribution in [2.75, 3.05) is 13.1 Å². The van der Waals surface area contributed by atoms with Crippen LogP contribution in [0, 0.1) is 6.92 Å². The zero-order valence-electron chi connectivity index (χ0n) is 13.6. The first-order valence-electron chi connectivity index (χ1n) is 8.01. The van der Waals surface area contributed by atoms with Gasteiger partial charge in [0.05, 0.1) is 5.52 Å². The van der Waals surface area contributed by atoms with Crippen LogP contribution in [-0.2, 0) is 7.05 Å². The van der Waals surface area contributed by atoms with E-state index in [1.54, 1.807) is 17.7 Å². The third-order valence-corrected chi connectivity index (χ3v) is 4.47. The summed E-state index contributed by atoms with van der Waals surface area (Å²) in [4.78, 5) is 19.0. The first-order chi connectivity index (χ1) is 11.6. The number of carbonyl (C=O) groups is 1. The maximum Gasteiger partial charge on any atom is 0.253 e. The van der Waals surface area contributed by atoms with Gasteiger partial charge in [0, 0.05) is 38.5 Å². The first kappa shape index (κ1) is 14.8. The molecule has 1 saturated heterocycles. The number of aromatic nitrogens is 5. The van der Waals surface area contributed by atoms with Crippen LogP contribution in [0.4, 0.5) is 0 Å². The van der Waals surface area contributed by atoms with Crippen LogP contribution in [0.1, 0.15) is 40.8 Å². The van der Waals surface area contributed by atoms with E-state index in [1.807, 2.05) is 24.1 Å². The highest BCUT2D eigenvalue weighted by molar-refractivity contribution is 5.97. The Balaban J connectivity index is 1.56. The second kappa shape index (κ2) is 5.70. The molecule has 0 unspecified atom stereocenters. The molecule has 0 aliphatic carbocycles. The van der Waals surface area contributed by atoms with Crippen LogP contribution in [-0.4, -0.2) is 49.0 Å². The number of likely N-dealkylation sites (tertiary alicyclic amines) is 1. The predicted octanol–water partition coefficient (Wildman–Crippen LogP) is 1.68. The van der Waals surface area contributed by atoms with Crippen LogP contribution in [0.25, 0.3) is 11.0 Å². The van der Waals surface area contributed by atoms with E-state index >= 15 is 0 Å². The van der Waals surface area contributed by atoms with Crippen molar-refractivity contribution in [1.29, 1.82) is 0 Å². The average molecular weight is 326 g/mol. The standard InChI is InChI=1S/C16H18N6O2/c1-10-17-15(19-24-10)12-4-3-7-22(9-12)16(23)11-5-6-14-13(8-11)18-20-21(14)2/h5-6,8,12H,3-4,7,9H2,1-2H3/t12-/m1/s1. The van der Waals surface area contributed by atoms with Gasteiger partial charge in [-0.2, -0.15) is 4.98 Å². The normalized spacial score (nSPS) is 18.2. The fourth-order valence-electron chi connectivity index (χ4n) is 3.21. The molecule has 3 heterocycles. The summed E-state index contributed by atoms with van der Waals surface area (Å²) in [5, 5.41) is 12.1.